The van der Waals surface area contributed by atoms with E-state index < -0.39 is 16.9 Å². The predicted molar refractivity (Wildman–Crippen MR) is 123 cm³/mol. The molecule has 172 valence electrons. The normalized spacial score (nSPS) is 15.0. The van der Waals surface area contributed by atoms with Gasteiger partial charge in [-0.15, -0.1) is 0 Å². The van der Waals surface area contributed by atoms with Gasteiger partial charge in [-0.3, -0.25) is 9.36 Å². The zero-order chi connectivity index (χ0) is 23.6. The minimum Gasteiger partial charge on any atom is -0.394 e. The summed E-state index contributed by atoms with van der Waals surface area (Å²) in [5, 5.41) is 23.7. The van der Waals surface area contributed by atoms with Crippen molar-refractivity contribution in [2.75, 3.05) is 17.2 Å². The fourth-order valence-electron chi connectivity index (χ4n) is 3.83. The Labute approximate surface area is 189 Å². The number of aromatic nitrogens is 2. The van der Waals surface area contributed by atoms with Crippen molar-refractivity contribution in [1.29, 1.82) is 5.41 Å². The molecule has 1 saturated carbocycles. The van der Waals surface area contributed by atoms with Crippen molar-refractivity contribution in [3.8, 4) is 5.69 Å². The molecule has 1 aromatic carbocycles. The zero-order valence-corrected chi connectivity index (χ0v) is 18.1. The van der Waals surface area contributed by atoms with Crippen molar-refractivity contribution in [2.24, 2.45) is 5.92 Å². The lowest BCUT2D eigenvalue weighted by molar-refractivity contribution is 0.205. The number of aliphatic hydroxyl groups excluding tert-OH is 1. The number of benzene rings is 1. The quantitative estimate of drug-likeness (QED) is 0.370. The molecular formula is C24H25F2N5O2. The van der Waals surface area contributed by atoms with Crippen LogP contribution in [-0.2, 0) is 6.54 Å². The molecule has 1 aliphatic carbocycles. The van der Waals surface area contributed by atoms with Crippen LogP contribution in [0.2, 0.25) is 0 Å². The number of pyridine rings is 2. The summed E-state index contributed by atoms with van der Waals surface area (Å²) in [6, 6.07) is 9.21. The lowest BCUT2D eigenvalue weighted by Gasteiger charge is -2.29. The van der Waals surface area contributed by atoms with E-state index in [4.69, 9.17) is 5.41 Å². The highest BCUT2D eigenvalue weighted by atomic mass is 19.1. The van der Waals surface area contributed by atoms with Crippen LogP contribution in [0.4, 0.5) is 20.3 Å². The molecule has 0 radical (unpaired) electrons. The molecular weight excluding hydrogens is 428 g/mol. The van der Waals surface area contributed by atoms with Crippen molar-refractivity contribution in [3.05, 3.63) is 81.9 Å². The van der Waals surface area contributed by atoms with Crippen molar-refractivity contribution < 1.29 is 13.9 Å². The number of hydrogen-bond acceptors (Lipinski definition) is 6. The largest absolute Gasteiger partial charge is 0.394 e. The van der Waals surface area contributed by atoms with Gasteiger partial charge in [0.05, 0.1) is 35.3 Å². The Morgan fingerprint density at radius 2 is 2.03 bits per heavy atom. The summed E-state index contributed by atoms with van der Waals surface area (Å²) >= 11 is 0. The fourth-order valence-corrected chi connectivity index (χ4v) is 3.83. The summed E-state index contributed by atoms with van der Waals surface area (Å²) in [6.07, 6.45) is 5.27. The van der Waals surface area contributed by atoms with Gasteiger partial charge in [-0.25, -0.2) is 13.8 Å². The number of anilines is 2. The Morgan fingerprint density at radius 3 is 2.70 bits per heavy atom. The summed E-state index contributed by atoms with van der Waals surface area (Å²) in [6.45, 7) is 1.90. The Bertz CT molecular complexity index is 1240. The number of halogens is 2. The van der Waals surface area contributed by atoms with E-state index in [0.717, 1.165) is 29.8 Å². The van der Waals surface area contributed by atoms with Gasteiger partial charge >= 0.3 is 0 Å². The summed E-state index contributed by atoms with van der Waals surface area (Å²) < 4.78 is 29.7. The topological polar surface area (TPSA) is 103 Å². The highest BCUT2D eigenvalue weighted by Gasteiger charge is 2.41. The lowest BCUT2D eigenvalue weighted by Crippen LogP contribution is -2.41. The van der Waals surface area contributed by atoms with E-state index in [2.05, 4.69) is 15.6 Å². The number of nitrogens with zero attached hydrogens (tertiary/aromatic N) is 2. The average Bonchev–Trinajstić information content (AvgIpc) is 3.66. The number of hydrogen-bond donors (Lipinski definition) is 4. The third-order valence-electron chi connectivity index (χ3n) is 6.02. The molecule has 9 heteroatoms. The lowest BCUT2D eigenvalue weighted by atomic mass is 9.97. The molecule has 2 aromatic heterocycles. The highest BCUT2D eigenvalue weighted by Crippen LogP contribution is 2.41. The molecule has 1 atom stereocenters. The zero-order valence-electron chi connectivity index (χ0n) is 18.1. The Balaban J connectivity index is 1.64. The van der Waals surface area contributed by atoms with Crippen LogP contribution in [0.25, 0.3) is 5.69 Å². The van der Waals surface area contributed by atoms with Crippen LogP contribution in [0, 0.1) is 23.0 Å². The molecule has 0 aliphatic heterocycles. The fraction of sp³-hybridized carbons (Fsp3) is 0.292. The van der Waals surface area contributed by atoms with Crippen LogP contribution < -0.4 is 16.2 Å². The molecule has 33 heavy (non-hydrogen) atoms. The van der Waals surface area contributed by atoms with Crippen LogP contribution in [0.15, 0.2) is 53.6 Å². The first-order valence-electron chi connectivity index (χ1n) is 10.6. The van der Waals surface area contributed by atoms with Gasteiger partial charge in [0.25, 0.3) is 5.56 Å². The maximum absolute atomic E-state index is 14.7. The van der Waals surface area contributed by atoms with Gasteiger partial charge in [-0.2, -0.15) is 0 Å². The van der Waals surface area contributed by atoms with Gasteiger partial charge < -0.3 is 21.1 Å². The standard InChI is InChI=1S/C24H25F2N5O2/c1-24(14-32,16-6-7-16)30-22-10-21(19(26)13-29-22)31-9-8-20(17(11-27)23(31)33)28-12-15-4-2-3-5-18(15)25/h2-5,8-11,13,16,27-28,32H,6-7,12,14H2,1H3,(H,29,30). The number of rotatable bonds is 9. The molecule has 4 rings (SSSR count). The second kappa shape index (κ2) is 9.11. The van der Waals surface area contributed by atoms with Crippen molar-refractivity contribution >= 4 is 17.7 Å². The van der Waals surface area contributed by atoms with Gasteiger partial charge in [0.1, 0.15) is 11.6 Å². The van der Waals surface area contributed by atoms with E-state index in [0.29, 0.717) is 23.0 Å². The molecule has 1 unspecified atom stereocenters. The molecule has 3 aromatic rings. The van der Waals surface area contributed by atoms with Gasteiger partial charge in [0, 0.05) is 30.6 Å². The first-order valence-corrected chi connectivity index (χ1v) is 10.6. The summed E-state index contributed by atoms with van der Waals surface area (Å²) in [4.78, 5) is 17.1. The van der Waals surface area contributed by atoms with Gasteiger partial charge in [-0.05, 0) is 37.8 Å². The SMILES string of the molecule is CC(CO)(Nc1cc(-n2ccc(NCc3ccccc3F)c(C=N)c2=O)c(F)cn1)C1CC1. The first kappa shape index (κ1) is 22.6. The molecule has 0 spiro atoms. The summed E-state index contributed by atoms with van der Waals surface area (Å²) in [7, 11) is 0. The predicted octanol–water partition coefficient (Wildman–Crippen LogP) is 3.69. The summed E-state index contributed by atoms with van der Waals surface area (Å²) in [5.74, 6) is -0.456. The summed E-state index contributed by atoms with van der Waals surface area (Å²) in [5.41, 5.74) is -0.463. The maximum Gasteiger partial charge on any atom is 0.266 e. The third-order valence-corrected chi connectivity index (χ3v) is 6.02. The van der Waals surface area contributed by atoms with E-state index in [1.807, 2.05) is 6.92 Å². The average molecular weight is 453 g/mol. The van der Waals surface area contributed by atoms with Crippen LogP contribution >= 0.6 is 0 Å². The molecule has 2 heterocycles. The van der Waals surface area contributed by atoms with Crippen molar-refractivity contribution in [1.82, 2.24) is 9.55 Å². The first-order chi connectivity index (χ1) is 15.9. The maximum atomic E-state index is 14.7. The molecule has 1 fully saturated rings. The third kappa shape index (κ3) is 4.63. The molecule has 0 saturated heterocycles. The van der Waals surface area contributed by atoms with E-state index in [9.17, 15) is 18.7 Å². The minimum atomic E-state index is -0.706. The monoisotopic (exact) mass is 453 g/mol. The smallest absolute Gasteiger partial charge is 0.266 e. The Kier molecular flexibility index (Phi) is 6.24. The molecule has 4 N–H and O–H groups in total. The van der Waals surface area contributed by atoms with Crippen LogP contribution in [0.3, 0.4) is 0 Å². The van der Waals surface area contributed by atoms with Crippen LogP contribution in [-0.4, -0.2) is 33.0 Å². The Morgan fingerprint density at radius 1 is 1.27 bits per heavy atom. The van der Waals surface area contributed by atoms with Crippen LogP contribution in [0.1, 0.15) is 30.9 Å². The van der Waals surface area contributed by atoms with Gasteiger partial charge in [-0.1, -0.05) is 18.2 Å². The Hall–Kier alpha value is -3.59. The second-order valence-electron chi connectivity index (χ2n) is 8.40. The molecule has 1 aliphatic rings. The van der Waals surface area contributed by atoms with Crippen molar-refractivity contribution in [3.63, 3.8) is 0 Å². The van der Waals surface area contributed by atoms with E-state index >= 15 is 0 Å². The van der Waals surface area contributed by atoms with Crippen molar-refractivity contribution in [2.45, 2.75) is 31.8 Å². The number of nitrogens with one attached hydrogen (secondary N) is 3. The molecule has 0 amide bonds. The molecule has 7 nitrogen and oxygen atoms in total. The van der Waals surface area contributed by atoms with E-state index in [1.54, 1.807) is 18.2 Å². The van der Waals surface area contributed by atoms with Gasteiger partial charge in [0.2, 0.25) is 0 Å². The number of aliphatic hydroxyl groups is 1. The molecule has 0 bridgehead atoms. The van der Waals surface area contributed by atoms with Gasteiger partial charge in [0.15, 0.2) is 5.82 Å². The second-order valence-corrected chi connectivity index (χ2v) is 8.40. The highest BCUT2D eigenvalue weighted by molar-refractivity contribution is 5.85. The van der Waals surface area contributed by atoms with E-state index in [1.165, 1.54) is 24.4 Å². The van der Waals surface area contributed by atoms with E-state index in [-0.39, 0.29) is 30.2 Å². The van der Waals surface area contributed by atoms with Crippen LogP contribution in [0.5, 0.6) is 0 Å². The minimum absolute atomic E-state index is 0.0118.